The molecule has 0 bridgehead atoms. The minimum atomic E-state index is -3.39. The molecule has 12 heteroatoms. The highest BCUT2D eigenvalue weighted by molar-refractivity contribution is 7.99. The second-order valence-electron chi connectivity index (χ2n) is 8.69. The van der Waals surface area contributed by atoms with Gasteiger partial charge < -0.3 is 25.4 Å². The Labute approximate surface area is 222 Å². The Bertz CT molecular complexity index is 1530. The number of rotatable bonds is 10. The van der Waals surface area contributed by atoms with Crippen molar-refractivity contribution in [3.63, 3.8) is 0 Å². The molecule has 3 aromatic rings. The maximum atomic E-state index is 14.3. The molecule has 1 aromatic carbocycles. The lowest BCUT2D eigenvalue weighted by Crippen LogP contribution is -2.33. The van der Waals surface area contributed by atoms with E-state index in [1.54, 1.807) is 13.0 Å². The number of halogens is 1. The van der Waals surface area contributed by atoms with Gasteiger partial charge in [0.15, 0.2) is 22.1 Å². The molecule has 0 radical (unpaired) electrons. The van der Waals surface area contributed by atoms with Gasteiger partial charge in [0.05, 0.1) is 32.1 Å². The maximum Gasteiger partial charge on any atom is 0.191 e. The average molecular weight is 526 g/mol. The Hall–Kier alpha value is -2.38. The molecule has 5 rings (SSSR count). The summed E-state index contributed by atoms with van der Waals surface area (Å²) in [5, 5.41) is 42.2. The monoisotopic (exact) mass is 525 g/mol. The van der Waals surface area contributed by atoms with Crippen LogP contribution >= 0.6 is 11.8 Å². The summed E-state index contributed by atoms with van der Waals surface area (Å²) in [4.78, 5) is 8.96. The first-order valence-corrected chi connectivity index (χ1v) is 12.5. The van der Waals surface area contributed by atoms with Crippen LogP contribution in [-0.2, 0) is 4.74 Å². The second-order valence-corrected chi connectivity index (χ2v) is 9.75. The average Bonchev–Trinajstić information content (AvgIpc) is 3.20. The molecule has 2 saturated carbocycles. The van der Waals surface area contributed by atoms with Crippen LogP contribution in [0.5, 0.6) is 0 Å². The first-order chi connectivity index (χ1) is 19.9. The smallest absolute Gasteiger partial charge is 0.191 e. The summed E-state index contributed by atoms with van der Waals surface area (Å²) in [5.74, 6) is -0.969. The lowest BCUT2D eigenvalue weighted by Gasteiger charge is -2.17. The number of anilines is 1. The SMILES string of the molecule is [2H]C([2H])(O)C([2H])([2H])O[C@H]1C[C@@H](n2nnc3c(N[C@@]4([2H])[C@H](c5ccc(C)c(F)c5)C4([2H])[2H])nc(SCCC)nc32)[C@H](O)[C@@H]1O. The predicted molar refractivity (Wildman–Crippen MR) is 133 cm³/mol. The minimum absolute atomic E-state index is 0.0190. The van der Waals surface area contributed by atoms with E-state index in [-0.39, 0.29) is 28.6 Å². The third-order valence-corrected chi connectivity index (χ3v) is 7.25. The summed E-state index contributed by atoms with van der Waals surface area (Å²) in [6.45, 7) is -3.07. The molecule has 0 amide bonds. The molecule has 4 N–H and O–H groups in total. The van der Waals surface area contributed by atoms with Gasteiger partial charge in [-0.15, -0.1) is 5.10 Å². The number of hydrogen-bond acceptors (Lipinski definition) is 10. The van der Waals surface area contributed by atoms with Crippen LogP contribution in [0, 0.1) is 12.7 Å². The van der Waals surface area contributed by atoms with E-state index >= 15 is 0 Å². The van der Waals surface area contributed by atoms with E-state index in [0.29, 0.717) is 16.9 Å². The molecule has 0 unspecified atom stereocenters. The molecule has 0 saturated heterocycles. The molecule has 2 aromatic heterocycles. The molecule has 2 aliphatic carbocycles. The van der Waals surface area contributed by atoms with Gasteiger partial charge in [0.1, 0.15) is 18.0 Å². The number of aliphatic hydroxyl groups is 3. The number of aromatic nitrogens is 5. The van der Waals surface area contributed by atoms with Gasteiger partial charge in [-0.2, -0.15) is 0 Å². The van der Waals surface area contributed by atoms with Gasteiger partial charge in [0.25, 0.3) is 0 Å². The molecular weight excluding hydrogens is 487 g/mol. The van der Waals surface area contributed by atoms with E-state index in [2.05, 4.69) is 25.6 Å². The van der Waals surface area contributed by atoms with Gasteiger partial charge >= 0.3 is 0 Å². The zero-order valence-electron chi connectivity index (χ0n) is 26.5. The highest BCUT2D eigenvalue weighted by Gasteiger charge is 2.45. The first-order valence-electron chi connectivity index (χ1n) is 15.0. The van der Waals surface area contributed by atoms with Crippen molar-refractivity contribution < 1.29 is 34.0 Å². The molecule has 2 heterocycles. The van der Waals surface area contributed by atoms with Gasteiger partial charge in [0.2, 0.25) is 0 Å². The van der Waals surface area contributed by atoms with E-state index in [9.17, 15) is 19.7 Å². The van der Waals surface area contributed by atoms with E-state index in [1.807, 2.05) is 6.92 Å². The quantitative estimate of drug-likeness (QED) is 0.230. The number of ether oxygens (including phenoxy) is 1. The van der Waals surface area contributed by atoms with Crippen molar-refractivity contribution in [2.45, 2.75) is 74.5 Å². The Morgan fingerprint density at radius 3 is 2.94 bits per heavy atom. The van der Waals surface area contributed by atoms with E-state index in [4.69, 9.17) is 14.3 Å². The standard InChI is InChI=1S/C24H31FN6O4S/c1-3-8-36-24-27-22(26-16-10-14(16)13-5-4-12(2)15(25)9-13)19-23(28-24)31(30-29-19)17-11-18(35-7-6-32)21(34)20(17)33/h4-5,9,14,16-18,20-21,32-34H,3,6-8,10-11H2,1-2H3,(H,26,27,28)/t14-,16+,17+,18-,20-,21+/m0/s1/i6D2,7D2,10D2,16D. The van der Waals surface area contributed by atoms with Crippen molar-refractivity contribution in [1.82, 2.24) is 25.0 Å². The fourth-order valence-corrected chi connectivity index (χ4v) is 4.89. The van der Waals surface area contributed by atoms with Crippen LogP contribution in [0.4, 0.5) is 10.2 Å². The number of fused-ring (bicyclic) bond motifs is 1. The van der Waals surface area contributed by atoms with Gasteiger partial charge in [-0.1, -0.05) is 36.0 Å². The predicted octanol–water partition coefficient (Wildman–Crippen LogP) is 2.18. The first kappa shape index (κ1) is 18.0. The van der Waals surface area contributed by atoms with E-state index in [1.165, 1.54) is 28.6 Å². The van der Waals surface area contributed by atoms with Gasteiger partial charge in [0, 0.05) is 26.9 Å². The van der Waals surface area contributed by atoms with Crippen molar-refractivity contribution >= 4 is 28.7 Å². The van der Waals surface area contributed by atoms with E-state index in [0.717, 1.165) is 6.42 Å². The molecular formula is C24H31FN6O4S. The van der Waals surface area contributed by atoms with Crippen LogP contribution in [-0.4, -0.2) is 83.5 Å². The number of hydrogen-bond donors (Lipinski definition) is 4. The summed E-state index contributed by atoms with van der Waals surface area (Å²) in [5.41, 5.74) is 0.776. The topological polar surface area (TPSA) is 138 Å². The molecule has 2 fully saturated rings. The largest absolute Gasteiger partial charge is 0.394 e. The fraction of sp³-hybridized carbons (Fsp3) is 0.583. The summed E-state index contributed by atoms with van der Waals surface area (Å²) in [7, 11) is 0. The number of aryl methyl sites for hydroxylation is 1. The zero-order chi connectivity index (χ0) is 31.7. The molecule has 0 aliphatic heterocycles. The molecule has 0 spiro atoms. The zero-order valence-corrected chi connectivity index (χ0v) is 20.3. The second kappa shape index (κ2) is 10.5. The fourth-order valence-electron chi connectivity index (χ4n) is 4.20. The number of thioether (sulfide) groups is 1. The lowest BCUT2D eigenvalue weighted by atomic mass is 10.1. The van der Waals surface area contributed by atoms with Crippen molar-refractivity contribution in [2.75, 3.05) is 24.2 Å². The van der Waals surface area contributed by atoms with E-state index < -0.39 is 61.6 Å². The Morgan fingerprint density at radius 2 is 2.19 bits per heavy atom. The Kier molecular flexibility index (Phi) is 5.26. The van der Waals surface area contributed by atoms with Crippen LogP contribution in [0.3, 0.4) is 0 Å². The highest BCUT2D eigenvalue weighted by Crippen LogP contribution is 2.44. The third kappa shape index (κ3) is 4.92. The summed E-state index contributed by atoms with van der Waals surface area (Å²) >= 11 is 1.27. The normalized spacial score (nSPS) is 34.7. The molecule has 36 heavy (non-hydrogen) atoms. The molecule has 194 valence electrons. The highest BCUT2D eigenvalue weighted by atomic mass is 32.2. The van der Waals surface area contributed by atoms with Gasteiger partial charge in [-0.25, -0.2) is 19.0 Å². The summed E-state index contributed by atoms with van der Waals surface area (Å²) in [6.07, 6.45) is -6.30. The number of aliphatic hydroxyl groups excluding tert-OH is 2. The summed E-state index contributed by atoms with van der Waals surface area (Å²) in [6, 6.07) is 1.27. The van der Waals surface area contributed by atoms with Crippen LogP contribution in [0.1, 0.15) is 58.8 Å². The molecule has 6 atom stereocenters. The number of benzene rings is 1. The Balaban J connectivity index is 1.50. The molecule has 2 aliphatic rings. The van der Waals surface area contributed by atoms with Crippen LogP contribution in [0.2, 0.25) is 0 Å². The van der Waals surface area contributed by atoms with Crippen LogP contribution in [0.25, 0.3) is 11.2 Å². The van der Waals surface area contributed by atoms with Gasteiger partial charge in [-0.3, -0.25) is 0 Å². The number of nitrogens with zero attached hydrogens (tertiary/aromatic N) is 5. The third-order valence-electron chi connectivity index (χ3n) is 6.19. The summed E-state index contributed by atoms with van der Waals surface area (Å²) < 4.78 is 76.5. The number of nitrogens with one attached hydrogen (secondary N) is 1. The van der Waals surface area contributed by atoms with Crippen LogP contribution in [0.15, 0.2) is 23.4 Å². The maximum absolute atomic E-state index is 14.3. The van der Waals surface area contributed by atoms with Crippen LogP contribution < -0.4 is 5.32 Å². The lowest BCUT2D eigenvalue weighted by molar-refractivity contribution is -0.0629. The van der Waals surface area contributed by atoms with Crippen molar-refractivity contribution in [3.05, 3.63) is 35.1 Å². The molecule has 10 nitrogen and oxygen atoms in total. The minimum Gasteiger partial charge on any atom is -0.394 e. The van der Waals surface area contributed by atoms with Gasteiger partial charge in [-0.05, 0) is 36.9 Å². The Morgan fingerprint density at radius 1 is 1.36 bits per heavy atom. The van der Waals surface area contributed by atoms with Crippen molar-refractivity contribution in [2.24, 2.45) is 0 Å². The van der Waals surface area contributed by atoms with Crippen molar-refractivity contribution in [1.29, 1.82) is 0 Å². The van der Waals surface area contributed by atoms with Crippen molar-refractivity contribution in [3.8, 4) is 0 Å².